The zero-order chi connectivity index (χ0) is 14.5. The molecule has 0 aromatic heterocycles. The summed E-state index contributed by atoms with van der Waals surface area (Å²) in [7, 11) is 0. The third-order valence-corrected chi connectivity index (χ3v) is 3.79. The van der Waals surface area contributed by atoms with Gasteiger partial charge in [0.05, 0.1) is 6.04 Å². The Morgan fingerprint density at radius 2 is 1.75 bits per heavy atom. The van der Waals surface area contributed by atoms with Gasteiger partial charge < -0.3 is 5.32 Å². The van der Waals surface area contributed by atoms with Gasteiger partial charge in [-0.3, -0.25) is 0 Å². The maximum atomic E-state index is 14.2. The lowest BCUT2D eigenvalue weighted by Crippen LogP contribution is -2.25. The topological polar surface area (TPSA) is 12.0 Å². The van der Waals surface area contributed by atoms with Crippen LogP contribution in [0.15, 0.2) is 46.9 Å². The fourth-order valence-corrected chi connectivity index (χ4v) is 2.72. The lowest BCUT2D eigenvalue weighted by Gasteiger charge is -2.22. The lowest BCUT2D eigenvalue weighted by molar-refractivity contribution is 0.519. The third-order valence-electron chi connectivity index (χ3n) is 3.10. The smallest absolute Gasteiger partial charge is 0.129 e. The van der Waals surface area contributed by atoms with Crippen LogP contribution in [0, 0.1) is 11.6 Å². The average molecular weight is 340 g/mol. The Hall–Kier alpha value is -1.26. The van der Waals surface area contributed by atoms with Crippen molar-refractivity contribution in [3.8, 4) is 0 Å². The zero-order valence-electron chi connectivity index (χ0n) is 11.2. The van der Waals surface area contributed by atoms with Crippen molar-refractivity contribution in [2.75, 3.05) is 6.54 Å². The van der Waals surface area contributed by atoms with Gasteiger partial charge in [-0.2, -0.15) is 0 Å². The Morgan fingerprint density at radius 3 is 2.40 bits per heavy atom. The first-order chi connectivity index (χ1) is 9.65. The minimum atomic E-state index is -0.508. The molecule has 0 saturated carbocycles. The maximum Gasteiger partial charge on any atom is 0.129 e. The zero-order valence-corrected chi connectivity index (χ0v) is 12.8. The molecule has 0 bridgehead atoms. The molecule has 1 N–H and O–H groups in total. The van der Waals surface area contributed by atoms with Crippen LogP contribution in [0.3, 0.4) is 0 Å². The number of benzene rings is 2. The van der Waals surface area contributed by atoms with Crippen molar-refractivity contribution < 1.29 is 8.78 Å². The van der Waals surface area contributed by atoms with Crippen LogP contribution >= 0.6 is 15.9 Å². The summed E-state index contributed by atoms with van der Waals surface area (Å²) in [4.78, 5) is 0. The van der Waals surface area contributed by atoms with Crippen LogP contribution in [-0.4, -0.2) is 6.54 Å². The highest BCUT2D eigenvalue weighted by Gasteiger charge is 2.22. The van der Waals surface area contributed by atoms with Crippen molar-refractivity contribution in [2.24, 2.45) is 0 Å². The van der Waals surface area contributed by atoms with Crippen LogP contribution in [0.4, 0.5) is 8.78 Å². The number of rotatable bonds is 5. The minimum Gasteiger partial charge on any atom is -0.306 e. The molecular formula is C16H16BrF2N. The van der Waals surface area contributed by atoms with E-state index in [4.69, 9.17) is 0 Å². The molecule has 0 heterocycles. The summed E-state index contributed by atoms with van der Waals surface area (Å²) >= 11 is 3.36. The molecule has 2 rings (SSSR count). The van der Waals surface area contributed by atoms with Crippen molar-refractivity contribution in [1.29, 1.82) is 0 Å². The Morgan fingerprint density at radius 1 is 1.05 bits per heavy atom. The van der Waals surface area contributed by atoms with Crippen LogP contribution in [0.2, 0.25) is 0 Å². The third kappa shape index (κ3) is 3.25. The molecule has 106 valence electrons. The fourth-order valence-electron chi connectivity index (χ4n) is 2.15. The van der Waals surface area contributed by atoms with Crippen molar-refractivity contribution in [2.45, 2.75) is 19.4 Å². The van der Waals surface area contributed by atoms with E-state index in [9.17, 15) is 8.78 Å². The van der Waals surface area contributed by atoms with Crippen LogP contribution in [0.1, 0.15) is 30.5 Å². The molecule has 0 aliphatic rings. The summed E-state index contributed by atoms with van der Waals surface area (Å²) in [6.45, 7) is 2.70. The Labute approximate surface area is 126 Å². The average Bonchev–Trinajstić information content (AvgIpc) is 2.43. The number of hydrogen-bond acceptors (Lipinski definition) is 1. The quantitative estimate of drug-likeness (QED) is 0.823. The van der Waals surface area contributed by atoms with Gasteiger partial charge in [0.25, 0.3) is 0 Å². The molecule has 0 spiro atoms. The monoisotopic (exact) mass is 339 g/mol. The van der Waals surface area contributed by atoms with Gasteiger partial charge in [0.2, 0.25) is 0 Å². The summed E-state index contributed by atoms with van der Waals surface area (Å²) < 4.78 is 28.8. The second-order valence-corrected chi connectivity index (χ2v) is 5.40. The molecule has 4 heteroatoms. The SMILES string of the molecule is CCCNC(c1ccccc1F)c1c(F)cccc1Br. The molecule has 0 aliphatic carbocycles. The molecular weight excluding hydrogens is 324 g/mol. The number of nitrogens with one attached hydrogen (secondary N) is 1. The van der Waals surface area contributed by atoms with E-state index in [-0.39, 0.29) is 11.6 Å². The second kappa shape index (κ2) is 6.95. The van der Waals surface area contributed by atoms with E-state index in [1.165, 1.54) is 12.1 Å². The van der Waals surface area contributed by atoms with E-state index in [0.717, 1.165) is 6.42 Å². The lowest BCUT2D eigenvalue weighted by atomic mass is 9.97. The van der Waals surface area contributed by atoms with Crippen LogP contribution in [0.5, 0.6) is 0 Å². The van der Waals surface area contributed by atoms with Gasteiger partial charge in [-0.1, -0.05) is 47.1 Å². The summed E-state index contributed by atoms with van der Waals surface area (Å²) in [5.41, 5.74) is 0.887. The summed E-state index contributed by atoms with van der Waals surface area (Å²) in [6, 6.07) is 10.7. The molecule has 0 amide bonds. The predicted molar refractivity (Wildman–Crippen MR) is 80.6 cm³/mol. The molecule has 0 fully saturated rings. The predicted octanol–water partition coefficient (Wildman–Crippen LogP) is 4.82. The highest BCUT2D eigenvalue weighted by atomic mass is 79.9. The first-order valence-corrected chi connectivity index (χ1v) is 7.36. The van der Waals surface area contributed by atoms with Gasteiger partial charge in [-0.05, 0) is 31.2 Å². The second-order valence-electron chi connectivity index (χ2n) is 4.54. The summed E-state index contributed by atoms with van der Waals surface area (Å²) in [5.74, 6) is -0.688. The van der Waals surface area contributed by atoms with Crippen molar-refractivity contribution in [1.82, 2.24) is 5.32 Å². The van der Waals surface area contributed by atoms with E-state index >= 15 is 0 Å². The van der Waals surface area contributed by atoms with Crippen LogP contribution in [-0.2, 0) is 0 Å². The molecule has 2 aromatic rings. The molecule has 2 aromatic carbocycles. The molecule has 1 nitrogen and oxygen atoms in total. The molecule has 20 heavy (non-hydrogen) atoms. The highest BCUT2D eigenvalue weighted by molar-refractivity contribution is 9.10. The highest BCUT2D eigenvalue weighted by Crippen LogP contribution is 2.32. The number of hydrogen-bond donors (Lipinski definition) is 1. The van der Waals surface area contributed by atoms with Gasteiger partial charge >= 0.3 is 0 Å². The normalized spacial score (nSPS) is 12.4. The standard InChI is InChI=1S/C16H16BrF2N/c1-2-10-20-16(11-6-3-4-8-13(11)18)15-12(17)7-5-9-14(15)19/h3-9,16,20H,2,10H2,1H3. The van der Waals surface area contributed by atoms with E-state index in [1.807, 2.05) is 6.92 Å². The van der Waals surface area contributed by atoms with Gasteiger partial charge in [0, 0.05) is 15.6 Å². The van der Waals surface area contributed by atoms with Crippen LogP contribution < -0.4 is 5.32 Å². The van der Waals surface area contributed by atoms with Gasteiger partial charge in [-0.15, -0.1) is 0 Å². The Balaban J connectivity index is 2.50. The van der Waals surface area contributed by atoms with Crippen LogP contribution in [0.25, 0.3) is 0 Å². The molecule has 1 unspecified atom stereocenters. The summed E-state index contributed by atoms with van der Waals surface area (Å²) in [6.07, 6.45) is 0.886. The van der Waals surface area contributed by atoms with Gasteiger partial charge in [0.15, 0.2) is 0 Å². The van der Waals surface area contributed by atoms with Gasteiger partial charge in [0.1, 0.15) is 11.6 Å². The fraction of sp³-hybridized carbons (Fsp3) is 0.250. The molecule has 1 atom stereocenters. The largest absolute Gasteiger partial charge is 0.306 e. The number of halogens is 3. The first kappa shape index (κ1) is 15.1. The van der Waals surface area contributed by atoms with Crippen molar-refractivity contribution in [3.05, 3.63) is 69.7 Å². The Bertz CT molecular complexity index is 566. The van der Waals surface area contributed by atoms with E-state index in [2.05, 4.69) is 21.2 Å². The van der Waals surface area contributed by atoms with E-state index in [1.54, 1.807) is 30.3 Å². The first-order valence-electron chi connectivity index (χ1n) is 6.56. The molecule has 0 saturated heterocycles. The van der Waals surface area contributed by atoms with E-state index in [0.29, 0.717) is 22.1 Å². The van der Waals surface area contributed by atoms with Crippen molar-refractivity contribution >= 4 is 15.9 Å². The van der Waals surface area contributed by atoms with Gasteiger partial charge in [-0.25, -0.2) is 8.78 Å². The summed E-state index contributed by atoms with van der Waals surface area (Å²) in [5, 5.41) is 3.21. The molecule has 0 radical (unpaired) electrons. The Kier molecular flexibility index (Phi) is 5.26. The maximum absolute atomic E-state index is 14.2. The van der Waals surface area contributed by atoms with E-state index < -0.39 is 6.04 Å². The van der Waals surface area contributed by atoms with Crippen molar-refractivity contribution in [3.63, 3.8) is 0 Å². The molecule has 0 aliphatic heterocycles. The minimum absolute atomic E-state index is 0.337.